The van der Waals surface area contributed by atoms with Gasteiger partial charge in [0.2, 0.25) is 0 Å². The van der Waals surface area contributed by atoms with Gasteiger partial charge in [0.15, 0.2) is 0 Å². The normalized spacial score (nSPS) is 11.5. The monoisotopic (exact) mass is 219 g/mol. The molecule has 2 aromatic rings. The summed E-state index contributed by atoms with van der Waals surface area (Å²) >= 11 is 0. The summed E-state index contributed by atoms with van der Waals surface area (Å²) in [6.45, 7) is 1.62. The Balaban J connectivity index is 2.31. The molecule has 4 heteroatoms. The standard InChI is InChI=1S/C12H17N3O/c1-14(7-8-16)9-11-10-5-3-4-6-12(10)15(2)13-11/h3-6,16H,7-9H2,1-2H3. The quantitative estimate of drug-likeness (QED) is 0.834. The summed E-state index contributed by atoms with van der Waals surface area (Å²) in [6.07, 6.45) is 0. The number of rotatable bonds is 4. The minimum Gasteiger partial charge on any atom is -0.395 e. The molecule has 0 aliphatic heterocycles. The van der Waals surface area contributed by atoms with E-state index in [0.717, 1.165) is 17.8 Å². The fourth-order valence-electron chi connectivity index (χ4n) is 1.91. The van der Waals surface area contributed by atoms with Gasteiger partial charge in [0.25, 0.3) is 0 Å². The molecular formula is C12H17N3O. The second-order valence-corrected chi connectivity index (χ2v) is 4.05. The van der Waals surface area contributed by atoms with Crippen LogP contribution in [-0.2, 0) is 13.6 Å². The molecule has 0 radical (unpaired) electrons. The van der Waals surface area contributed by atoms with Crippen molar-refractivity contribution in [2.75, 3.05) is 20.2 Å². The van der Waals surface area contributed by atoms with Crippen molar-refractivity contribution in [3.05, 3.63) is 30.0 Å². The van der Waals surface area contributed by atoms with Crippen LogP contribution in [0, 0.1) is 0 Å². The van der Waals surface area contributed by atoms with Crippen molar-refractivity contribution in [1.29, 1.82) is 0 Å². The zero-order valence-electron chi connectivity index (χ0n) is 9.72. The minimum absolute atomic E-state index is 0.182. The number of hydrogen-bond acceptors (Lipinski definition) is 3. The van der Waals surface area contributed by atoms with Crippen molar-refractivity contribution < 1.29 is 5.11 Å². The topological polar surface area (TPSA) is 41.3 Å². The minimum atomic E-state index is 0.182. The summed E-state index contributed by atoms with van der Waals surface area (Å²) in [4.78, 5) is 2.06. The molecule has 0 aliphatic rings. The Labute approximate surface area is 95.1 Å². The number of aromatic nitrogens is 2. The third-order valence-electron chi connectivity index (χ3n) is 2.74. The van der Waals surface area contributed by atoms with Gasteiger partial charge in [-0.1, -0.05) is 18.2 Å². The molecule has 1 aromatic carbocycles. The van der Waals surface area contributed by atoms with E-state index in [1.54, 1.807) is 0 Å². The van der Waals surface area contributed by atoms with Crippen LogP contribution < -0.4 is 0 Å². The van der Waals surface area contributed by atoms with E-state index >= 15 is 0 Å². The molecule has 1 heterocycles. The van der Waals surface area contributed by atoms with E-state index in [0.29, 0.717) is 6.54 Å². The second kappa shape index (κ2) is 4.63. The van der Waals surface area contributed by atoms with Gasteiger partial charge in [-0.25, -0.2) is 0 Å². The van der Waals surface area contributed by atoms with E-state index in [1.807, 2.05) is 30.9 Å². The van der Waals surface area contributed by atoms with Crippen LogP contribution in [-0.4, -0.2) is 40.0 Å². The number of likely N-dealkylation sites (N-methyl/N-ethyl adjacent to an activating group) is 1. The number of fused-ring (bicyclic) bond motifs is 1. The van der Waals surface area contributed by atoms with Gasteiger partial charge in [-0.3, -0.25) is 9.58 Å². The summed E-state index contributed by atoms with van der Waals surface area (Å²) in [7, 11) is 3.94. The van der Waals surface area contributed by atoms with Gasteiger partial charge in [0.1, 0.15) is 0 Å². The predicted molar refractivity (Wildman–Crippen MR) is 64.1 cm³/mol. The van der Waals surface area contributed by atoms with E-state index in [4.69, 9.17) is 5.11 Å². The van der Waals surface area contributed by atoms with Crippen molar-refractivity contribution in [3.8, 4) is 0 Å². The first-order valence-corrected chi connectivity index (χ1v) is 5.42. The highest BCUT2D eigenvalue weighted by Crippen LogP contribution is 2.18. The van der Waals surface area contributed by atoms with E-state index in [9.17, 15) is 0 Å². The van der Waals surface area contributed by atoms with Gasteiger partial charge in [0.05, 0.1) is 17.8 Å². The molecule has 0 atom stereocenters. The van der Waals surface area contributed by atoms with Crippen LogP contribution in [0.5, 0.6) is 0 Å². The molecule has 0 bridgehead atoms. The molecule has 0 aliphatic carbocycles. The molecule has 1 aromatic heterocycles. The molecule has 16 heavy (non-hydrogen) atoms. The smallest absolute Gasteiger partial charge is 0.0843 e. The molecule has 1 N–H and O–H groups in total. The first-order valence-electron chi connectivity index (χ1n) is 5.42. The fraction of sp³-hybridized carbons (Fsp3) is 0.417. The maximum absolute atomic E-state index is 8.87. The lowest BCUT2D eigenvalue weighted by atomic mass is 10.2. The number of aliphatic hydroxyl groups excluding tert-OH is 1. The Morgan fingerprint density at radius 1 is 1.38 bits per heavy atom. The zero-order valence-corrected chi connectivity index (χ0v) is 9.72. The van der Waals surface area contributed by atoms with E-state index in [1.165, 1.54) is 5.39 Å². The van der Waals surface area contributed by atoms with Crippen molar-refractivity contribution in [3.63, 3.8) is 0 Å². The van der Waals surface area contributed by atoms with Crippen LogP contribution in [0.2, 0.25) is 0 Å². The Kier molecular flexibility index (Phi) is 3.22. The number of aryl methyl sites for hydroxylation is 1. The number of benzene rings is 1. The van der Waals surface area contributed by atoms with Gasteiger partial charge in [-0.2, -0.15) is 5.10 Å². The van der Waals surface area contributed by atoms with Crippen molar-refractivity contribution in [1.82, 2.24) is 14.7 Å². The molecule has 0 spiro atoms. The highest BCUT2D eigenvalue weighted by molar-refractivity contribution is 5.81. The fourth-order valence-corrected chi connectivity index (χ4v) is 1.91. The van der Waals surface area contributed by atoms with E-state index in [-0.39, 0.29) is 6.61 Å². The van der Waals surface area contributed by atoms with Crippen molar-refractivity contribution >= 4 is 10.9 Å². The van der Waals surface area contributed by atoms with Crippen molar-refractivity contribution in [2.45, 2.75) is 6.54 Å². The largest absolute Gasteiger partial charge is 0.395 e. The molecule has 2 rings (SSSR count). The van der Waals surface area contributed by atoms with Gasteiger partial charge in [-0.05, 0) is 13.1 Å². The van der Waals surface area contributed by atoms with Crippen LogP contribution in [0.4, 0.5) is 0 Å². The van der Waals surface area contributed by atoms with Crippen LogP contribution in [0.3, 0.4) is 0 Å². The zero-order chi connectivity index (χ0) is 11.5. The molecule has 0 fully saturated rings. The molecule has 0 unspecified atom stereocenters. The maximum atomic E-state index is 8.87. The molecule has 0 saturated heterocycles. The second-order valence-electron chi connectivity index (χ2n) is 4.05. The maximum Gasteiger partial charge on any atom is 0.0843 e. The third-order valence-corrected chi connectivity index (χ3v) is 2.74. The Morgan fingerprint density at radius 3 is 2.88 bits per heavy atom. The first kappa shape index (κ1) is 11.1. The Hall–Kier alpha value is -1.39. The average molecular weight is 219 g/mol. The van der Waals surface area contributed by atoms with Crippen molar-refractivity contribution in [2.24, 2.45) is 7.05 Å². The number of aliphatic hydroxyl groups is 1. The molecule has 4 nitrogen and oxygen atoms in total. The highest BCUT2D eigenvalue weighted by atomic mass is 16.3. The molecular weight excluding hydrogens is 202 g/mol. The number of nitrogens with zero attached hydrogens (tertiary/aromatic N) is 3. The van der Waals surface area contributed by atoms with Gasteiger partial charge in [-0.15, -0.1) is 0 Å². The van der Waals surface area contributed by atoms with E-state index < -0.39 is 0 Å². The van der Waals surface area contributed by atoms with Crippen LogP contribution >= 0.6 is 0 Å². The SMILES string of the molecule is CN(CCO)Cc1nn(C)c2ccccc12. The lowest BCUT2D eigenvalue weighted by molar-refractivity contribution is 0.216. The van der Waals surface area contributed by atoms with Crippen LogP contribution in [0.25, 0.3) is 10.9 Å². The highest BCUT2D eigenvalue weighted by Gasteiger charge is 2.09. The summed E-state index contributed by atoms with van der Waals surface area (Å²) in [5, 5.41) is 14.6. The first-order chi connectivity index (χ1) is 7.72. The number of para-hydroxylation sites is 1. The average Bonchev–Trinajstić information content (AvgIpc) is 2.57. The summed E-state index contributed by atoms with van der Waals surface area (Å²) in [5.41, 5.74) is 2.21. The Morgan fingerprint density at radius 2 is 2.12 bits per heavy atom. The summed E-state index contributed by atoms with van der Waals surface area (Å²) < 4.78 is 1.90. The third kappa shape index (κ3) is 2.08. The van der Waals surface area contributed by atoms with Crippen LogP contribution in [0.1, 0.15) is 5.69 Å². The van der Waals surface area contributed by atoms with Gasteiger partial charge < -0.3 is 5.11 Å². The number of hydrogen-bond donors (Lipinski definition) is 1. The lowest BCUT2D eigenvalue weighted by Gasteiger charge is -2.13. The summed E-state index contributed by atoms with van der Waals surface area (Å²) in [6, 6.07) is 8.20. The molecule has 86 valence electrons. The Bertz CT molecular complexity index is 478. The molecule has 0 saturated carbocycles. The summed E-state index contributed by atoms with van der Waals surface area (Å²) in [5.74, 6) is 0. The van der Waals surface area contributed by atoms with Gasteiger partial charge in [0, 0.05) is 25.5 Å². The van der Waals surface area contributed by atoms with Crippen LogP contribution in [0.15, 0.2) is 24.3 Å². The molecule has 0 amide bonds. The predicted octanol–water partition coefficient (Wildman–Crippen LogP) is 0.997. The van der Waals surface area contributed by atoms with E-state index in [2.05, 4.69) is 22.1 Å². The lowest BCUT2D eigenvalue weighted by Crippen LogP contribution is -2.21. The van der Waals surface area contributed by atoms with Gasteiger partial charge >= 0.3 is 0 Å².